The maximum atomic E-state index is 5.71. The first-order valence-corrected chi connectivity index (χ1v) is 6.97. The Hall–Kier alpha value is -0.890. The van der Waals surface area contributed by atoms with Gasteiger partial charge in [-0.25, -0.2) is 0 Å². The van der Waals surface area contributed by atoms with Gasteiger partial charge in [0, 0.05) is 43.9 Å². The Labute approximate surface area is 109 Å². The number of halogens is 1. The second kappa shape index (κ2) is 6.15. The first-order valence-electron chi connectivity index (χ1n) is 6.43. The number of rotatable bonds is 5. The topological polar surface area (TPSA) is 6.48 Å². The lowest BCUT2D eigenvalue weighted by Gasteiger charge is -2.21. The lowest BCUT2D eigenvalue weighted by molar-refractivity contribution is 0.856. The van der Waals surface area contributed by atoms with E-state index in [1.165, 1.54) is 37.3 Å². The van der Waals surface area contributed by atoms with E-state index >= 15 is 0 Å². The van der Waals surface area contributed by atoms with Gasteiger partial charge in [0.1, 0.15) is 0 Å². The van der Waals surface area contributed by atoms with Crippen molar-refractivity contribution in [2.45, 2.75) is 19.3 Å². The van der Waals surface area contributed by atoms with E-state index in [4.69, 9.17) is 11.6 Å². The number of anilines is 2. The van der Waals surface area contributed by atoms with Crippen molar-refractivity contribution in [3.05, 3.63) is 24.3 Å². The fraction of sp³-hybridized carbons (Fsp3) is 0.571. The van der Waals surface area contributed by atoms with Crippen LogP contribution < -0.4 is 9.80 Å². The predicted octanol–water partition coefficient (Wildman–Crippen LogP) is 3.35. The van der Waals surface area contributed by atoms with E-state index in [9.17, 15) is 0 Å². The minimum atomic E-state index is 0.732. The zero-order chi connectivity index (χ0) is 12.1. The lowest BCUT2D eigenvalue weighted by atomic mass is 10.2. The van der Waals surface area contributed by atoms with Gasteiger partial charge in [-0.1, -0.05) is 0 Å². The highest BCUT2D eigenvalue weighted by atomic mass is 35.5. The molecule has 0 aliphatic carbocycles. The summed E-state index contributed by atoms with van der Waals surface area (Å²) in [4.78, 5) is 4.72. The molecule has 1 aliphatic rings. The molecular formula is C14H21ClN2. The third kappa shape index (κ3) is 3.29. The van der Waals surface area contributed by atoms with E-state index in [1.54, 1.807) is 0 Å². The molecule has 2 rings (SSSR count). The van der Waals surface area contributed by atoms with Crippen molar-refractivity contribution in [1.29, 1.82) is 0 Å². The summed E-state index contributed by atoms with van der Waals surface area (Å²) < 4.78 is 0. The van der Waals surface area contributed by atoms with Crippen molar-refractivity contribution in [3.63, 3.8) is 0 Å². The first kappa shape index (κ1) is 12.6. The molecule has 1 fully saturated rings. The summed E-state index contributed by atoms with van der Waals surface area (Å²) in [7, 11) is 2.12. The monoisotopic (exact) mass is 252 g/mol. The Balaban J connectivity index is 1.96. The Morgan fingerprint density at radius 2 is 1.82 bits per heavy atom. The number of benzene rings is 1. The van der Waals surface area contributed by atoms with Gasteiger partial charge >= 0.3 is 0 Å². The molecule has 0 saturated carbocycles. The fourth-order valence-electron chi connectivity index (χ4n) is 2.32. The first-order chi connectivity index (χ1) is 8.31. The summed E-state index contributed by atoms with van der Waals surface area (Å²) in [6, 6.07) is 8.89. The zero-order valence-corrected chi connectivity index (χ0v) is 11.3. The SMILES string of the molecule is CN(CCCCl)c1ccc(N2CCCC2)cc1. The maximum absolute atomic E-state index is 5.71. The van der Waals surface area contributed by atoms with Crippen LogP contribution in [-0.2, 0) is 0 Å². The molecule has 17 heavy (non-hydrogen) atoms. The Kier molecular flexibility index (Phi) is 4.55. The quantitative estimate of drug-likeness (QED) is 0.742. The summed E-state index contributed by atoms with van der Waals surface area (Å²) in [6.07, 6.45) is 3.70. The van der Waals surface area contributed by atoms with E-state index in [0.717, 1.165) is 18.8 Å². The second-order valence-corrected chi connectivity index (χ2v) is 5.05. The molecule has 1 aromatic rings. The van der Waals surface area contributed by atoms with Gasteiger partial charge in [-0.3, -0.25) is 0 Å². The normalized spacial score (nSPS) is 15.3. The van der Waals surface area contributed by atoms with E-state index in [2.05, 4.69) is 41.1 Å². The van der Waals surface area contributed by atoms with Crippen LogP contribution in [0.15, 0.2) is 24.3 Å². The number of hydrogen-bond acceptors (Lipinski definition) is 2. The van der Waals surface area contributed by atoms with Crippen LogP contribution in [0.25, 0.3) is 0 Å². The molecule has 0 radical (unpaired) electrons. The highest BCUT2D eigenvalue weighted by Gasteiger charge is 2.12. The Morgan fingerprint density at radius 1 is 1.18 bits per heavy atom. The Bertz CT molecular complexity index is 331. The van der Waals surface area contributed by atoms with Gasteiger partial charge in [0.2, 0.25) is 0 Å². The summed E-state index contributed by atoms with van der Waals surface area (Å²) >= 11 is 5.71. The predicted molar refractivity (Wildman–Crippen MR) is 76.5 cm³/mol. The summed E-state index contributed by atoms with van der Waals surface area (Å²) in [5, 5.41) is 0. The smallest absolute Gasteiger partial charge is 0.0367 e. The van der Waals surface area contributed by atoms with Gasteiger partial charge in [0.25, 0.3) is 0 Å². The third-order valence-electron chi connectivity index (χ3n) is 3.39. The fourth-order valence-corrected chi connectivity index (χ4v) is 2.44. The zero-order valence-electron chi connectivity index (χ0n) is 10.5. The van der Waals surface area contributed by atoms with Crippen molar-refractivity contribution in [1.82, 2.24) is 0 Å². The standard InChI is InChI=1S/C14H21ClN2/c1-16(10-4-9-15)13-5-7-14(8-6-13)17-11-2-3-12-17/h5-8H,2-4,9-12H2,1H3. The number of alkyl halides is 1. The van der Waals surface area contributed by atoms with Crippen molar-refractivity contribution < 1.29 is 0 Å². The van der Waals surface area contributed by atoms with E-state index in [1.807, 2.05) is 0 Å². The van der Waals surface area contributed by atoms with E-state index in [0.29, 0.717) is 0 Å². The number of hydrogen-bond donors (Lipinski definition) is 0. The summed E-state index contributed by atoms with van der Waals surface area (Å²) in [5.41, 5.74) is 2.63. The van der Waals surface area contributed by atoms with Crippen molar-refractivity contribution in [2.75, 3.05) is 42.4 Å². The largest absolute Gasteiger partial charge is 0.375 e. The molecular weight excluding hydrogens is 232 g/mol. The average Bonchev–Trinajstić information content (AvgIpc) is 2.90. The van der Waals surface area contributed by atoms with Crippen LogP contribution in [0.5, 0.6) is 0 Å². The molecule has 0 spiro atoms. The molecule has 0 bridgehead atoms. The minimum absolute atomic E-state index is 0.732. The average molecular weight is 253 g/mol. The second-order valence-electron chi connectivity index (χ2n) is 4.67. The molecule has 3 heteroatoms. The minimum Gasteiger partial charge on any atom is -0.375 e. The molecule has 1 heterocycles. The van der Waals surface area contributed by atoms with Crippen molar-refractivity contribution in [2.24, 2.45) is 0 Å². The van der Waals surface area contributed by atoms with Crippen LogP contribution in [0.2, 0.25) is 0 Å². The molecule has 0 amide bonds. The van der Waals surface area contributed by atoms with Crippen molar-refractivity contribution in [3.8, 4) is 0 Å². The van der Waals surface area contributed by atoms with Gasteiger partial charge in [-0.05, 0) is 43.5 Å². The van der Waals surface area contributed by atoms with Crippen LogP contribution >= 0.6 is 11.6 Å². The number of nitrogens with zero attached hydrogens (tertiary/aromatic N) is 2. The highest BCUT2D eigenvalue weighted by molar-refractivity contribution is 6.17. The molecule has 1 aromatic carbocycles. The van der Waals surface area contributed by atoms with Crippen LogP contribution in [-0.4, -0.2) is 32.6 Å². The molecule has 1 saturated heterocycles. The molecule has 94 valence electrons. The molecule has 0 N–H and O–H groups in total. The van der Waals surface area contributed by atoms with Gasteiger partial charge in [0.15, 0.2) is 0 Å². The van der Waals surface area contributed by atoms with Gasteiger partial charge in [0.05, 0.1) is 0 Å². The van der Waals surface area contributed by atoms with Crippen LogP contribution in [0, 0.1) is 0 Å². The van der Waals surface area contributed by atoms with Gasteiger partial charge in [-0.2, -0.15) is 0 Å². The summed E-state index contributed by atoms with van der Waals surface area (Å²) in [6.45, 7) is 3.44. The van der Waals surface area contributed by atoms with E-state index < -0.39 is 0 Å². The molecule has 0 unspecified atom stereocenters. The molecule has 0 aromatic heterocycles. The maximum Gasteiger partial charge on any atom is 0.0367 e. The highest BCUT2D eigenvalue weighted by Crippen LogP contribution is 2.23. The molecule has 0 atom stereocenters. The van der Waals surface area contributed by atoms with Gasteiger partial charge in [-0.15, -0.1) is 11.6 Å². The summed E-state index contributed by atoms with van der Waals surface area (Å²) in [5.74, 6) is 0.732. The molecule has 2 nitrogen and oxygen atoms in total. The van der Waals surface area contributed by atoms with Gasteiger partial charge < -0.3 is 9.80 Å². The third-order valence-corrected chi connectivity index (χ3v) is 3.66. The van der Waals surface area contributed by atoms with Crippen LogP contribution in [0.4, 0.5) is 11.4 Å². The Morgan fingerprint density at radius 3 is 2.41 bits per heavy atom. The lowest BCUT2D eigenvalue weighted by Crippen LogP contribution is -2.20. The van der Waals surface area contributed by atoms with E-state index in [-0.39, 0.29) is 0 Å². The molecule has 1 aliphatic heterocycles. The van der Waals surface area contributed by atoms with Crippen LogP contribution in [0.1, 0.15) is 19.3 Å². The van der Waals surface area contributed by atoms with Crippen LogP contribution in [0.3, 0.4) is 0 Å². The van der Waals surface area contributed by atoms with Crippen molar-refractivity contribution >= 4 is 23.0 Å².